The number of hydrogen-bond donors (Lipinski definition) is 1. The number of amides is 1. The quantitative estimate of drug-likeness (QED) is 0.480. The van der Waals surface area contributed by atoms with Crippen molar-refractivity contribution in [1.29, 1.82) is 0 Å². The molecular weight excluding hydrogens is 428 g/mol. The van der Waals surface area contributed by atoms with Crippen LogP contribution in [0.1, 0.15) is 36.2 Å². The van der Waals surface area contributed by atoms with Gasteiger partial charge in [-0.3, -0.25) is 9.36 Å². The van der Waals surface area contributed by atoms with Gasteiger partial charge in [0.05, 0.1) is 12.2 Å². The van der Waals surface area contributed by atoms with E-state index in [0.717, 1.165) is 53.9 Å². The van der Waals surface area contributed by atoms with Crippen molar-refractivity contribution in [3.63, 3.8) is 0 Å². The Morgan fingerprint density at radius 2 is 1.76 bits per heavy atom. The van der Waals surface area contributed by atoms with E-state index >= 15 is 0 Å². The standard InChI is InChI=1S/C26H28N6O2/c1-19-10-7-8-13-21(19)22-16-24(31(28-22)17-20-11-4-2-5-12-20)27-25(33)18-32-26(34)30-15-9-3-6-14-23(30)29-32/h2,4-5,7-8,10-13,16H,3,6,9,14-15,17-18H2,1H3,(H,27,33). The first kappa shape index (κ1) is 21.9. The van der Waals surface area contributed by atoms with Crippen molar-refractivity contribution in [2.24, 2.45) is 0 Å². The Labute approximate surface area is 197 Å². The van der Waals surface area contributed by atoms with Gasteiger partial charge in [0, 0.05) is 24.6 Å². The molecule has 1 aliphatic rings. The summed E-state index contributed by atoms with van der Waals surface area (Å²) < 4.78 is 4.77. The van der Waals surface area contributed by atoms with Crippen molar-refractivity contribution >= 4 is 11.7 Å². The van der Waals surface area contributed by atoms with Crippen molar-refractivity contribution in [1.82, 2.24) is 24.1 Å². The molecule has 0 saturated carbocycles. The third kappa shape index (κ3) is 4.57. The zero-order valence-corrected chi connectivity index (χ0v) is 19.3. The van der Waals surface area contributed by atoms with Crippen LogP contribution in [0.4, 0.5) is 5.82 Å². The van der Waals surface area contributed by atoms with Gasteiger partial charge in [0.1, 0.15) is 18.2 Å². The molecule has 8 heteroatoms. The third-order valence-corrected chi connectivity index (χ3v) is 6.22. The van der Waals surface area contributed by atoms with Crippen molar-refractivity contribution in [2.45, 2.75) is 52.2 Å². The molecule has 34 heavy (non-hydrogen) atoms. The second-order valence-electron chi connectivity index (χ2n) is 8.74. The summed E-state index contributed by atoms with van der Waals surface area (Å²) in [7, 11) is 0. The maximum atomic E-state index is 13.0. The summed E-state index contributed by atoms with van der Waals surface area (Å²) in [4.78, 5) is 25.7. The van der Waals surface area contributed by atoms with Gasteiger partial charge in [-0.05, 0) is 30.9 Å². The predicted octanol–water partition coefficient (Wildman–Crippen LogP) is 3.63. The Kier molecular flexibility index (Phi) is 6.12. The summed E-state index contributed by atoms with van der Waals surface area (Å²) in [5.41, 5.74) is 3.77. The van der Waals surface area contributed by atoms with Crippen LogP contribution in [0, 0.1) is 6.92 Å². The van der Waals surface area contributed by atoms with E-state index in [0.29, 0.717) is 18.9 Å². The maximum absolute atomic E-state index is 13.0. The first-order valence-electron chi connectivity index (χ1n) is 11.7. The van der Waals surface area contributed by atoms with Crippen LogP contribution in [0.3, 0.4) is 0 Å². The zero-order chi connectivity index (χ0) is 23.5. The molecular formula is C26H28N6O2. The second-order valence-corrected chi connectivity index (χ2v) is 8.74. The fraction of sp³-hybridized carbons (Fsp3) is 0.308. The number of anilines is 1. The van der Waals surface area contributed by atoms with Crippen molar-refractivity contribution < 1.29 is 4.79 Å². The van der Waals surface area contributed by atoms with Gasteiger partial charge in [0.25, 0.3) is 0 Å². The van der Waals surface area contributed by atoms with Crippen LogP contribution in [-0.2, 0) is 30.8 Å². The summed E-state index contributed by atoms with van der Waals surface area (Å²) in [5, 5.41) is 12.2. The Balaban J connectivity index is 1.41. The van der Waals surface area contributed by atoms with E-state index in [4.69, 9.17) is 5.10 Å². The number of fused-ring (bicyclic) bond motifs is 1. The predicted molar refractivity (Wildman–Crippen MR) is 131 cm³/mol. The van der Waals surface area contributed by atoms with Gasteiger partial charge in [-0.1, -0.05) is 61.0 Å². The molecule has 174 valence electrons. The van der Waals surface area contributed by atoms with Crippen LogP contribution in [0.25, 0.3) is 11.3 Å². The van der Waals surface area contributed by atoms with Crippen LogP contribution in [0.5, 0.6) is 0 Å². The minimum Gasteiger partial charge on any atom is -0.309 e. The Morgan fingerprint density at radius 1 is 0.971 bits per heavy atom. The van der Waals surface area contributed by atoms with Crippen LogP contribution in [0.15, 0.2) is 65.5 Å². The third-order valence-electron chi connectivity index (χ3n) is 6.22. The largest absolute Gasteiger partial charge is 0.346 e. The Morgan fingerprint density at radius 3 is 2.59 bits per heavy atom. The molecule has 0 atom stereocenters. The molecule has 8 nitrogen and oxygen atoms in total. The van der Waals surface area contributed by atoms with E-state index in [2.05, 4.69) is 10.4 Å². The van der Waals surface area contributed by atoms with Gasteiger partial charge in [-0.2, -0.15) is 10.2 Å². The summed E-state index contributed by atoms with van der Waals surface area (Å²) in [6.07, 6.45) is 3.85. The highest BCUT2D eigenvalue weighted by Gasteiger charge is 2.19. The van der Waals surface area contributed by atoms with Crippen molar-refractivity contribution in [2.75, 3.05) is 5.32 Å². The van der Waals surface area contributed by atoms with Gasteiger partial charge in [-0.25, -0.2) is 14.2 Å². The first-order chi connectivity index (χ1) is 16.6. The zero-order valence-electron chi connectivity index (χ0n) is 19.3. The molecule has 0 unspecified atom stereocenters. The normalized spacial score (nSPS) is 13.3. The Bertz CT molecular complexity index is 1370. The molecule has 0 saturated heterocycles. The lowest BCUT2D eigenvalue weighted by molar-refractivity contribution is -0.117. The number of nitrogens with zero attached hydrogens (tertiary/aromatic N) is 5. The number of hydrogen-bond acceptors (Lipinski definition) is 4. The van der Waals surface area contributed by atoms with Crippen LogP contribution >= 0.6 is 0 Å². The highest BCUT2D eigenvalue weighted by atomic mass is 16.2. The van der Waals surface area contributed by atoms with E-state index in [1.807, 2.05) is 67.6 Å². The lowest BCUT2D eigenvalue weighted by atomic mass is 10.1. The fourth-order valence-electron chi connectivity index (χ4n) is 4.43. The lowest BCUT2D eigenvalue weighted by Crippen LogP contribution is -2.30. The molecule has 1 aliphatic heterocycles. The average Bonchev–Trinajstić information content (AvgIpc) is 3.24. The SMILES string of the molecule is Cc1ccccc1-c1cc(NC(=O)Cn2nc3n(c2=O)CCCCC3)n(Cc2ccccc2)n1. The highest BCUT2D eigenvalue weighted by Crippen LogP contribution is 2.25. The number of carbonyl (C=O) groups excluding carboxylic acids is 1. The Hall–Kier alpha value is -3.94. The van der Waals surface area contributed by atoms with Gasteiger partial charge >= 0.3 is 5.69 Å². The summed E-state index contributed by atoms with van der Waals surface area (Å²) in [6.45, 7) is 3.09. The van der Waals surface area contributed by atoms with E-state index in [9.17, 15) is 9.59 Å². The van der Waals surface area contributed by atoms with Gasteiger partial charge < -0.3 is 5.32 Å². The first-order valence-corrected chi connectivity index (χ1v) is 11.7. The number of aryl methyl sites for hydroxylation is 2. The van der Waals surface area contributed by atoms with E-state index < -0.39 is 0 Å². The monoisotopic (exact) mass is 456 g/mol. The van der Waals surface area contributed by atoms with Gasteiger partial charge in [0.15, 0.2) is 0 Å². The topological polar surface area (TPSA) is 86.7 Å². The van der Waals surface area contributed by atoms with E-state index in [-0.39, 0.29) is 18.1 Å². The number of rotatable bonds is 6. The molecule has 4 aromatic rings. The summed E-state index contributed by atoms with van der Waals surface area (Å²) in [5.74, 6) is 1.05. The van der Waals surface area contributed by atoms with Crippen molar-refractivity contribution in [3.8, 4) is 11.3 Å². The highest BCUT2D eigenvalue weighted by molar-refractivity contribution is 5.90. The number of benzene rings is 2. The maximum Gasteiger partial charge on any atom is 0.346 e. The van der Waals surface area contributed by atoms with Crippen LogP contribution in [-0.4, -0.2) is 30.0 Å². The number of nitrogens with one attached hydrogen (secondary N) is 1. The molecule has 0 fully saturated rings. The molecule has 1 N–H and O–H groups in total. The number of carbonyl (C=O) groups is 1. The minimum absolute atomic E-state index is 0.130. The van der Waals surface area contributed by atoms with Crippen molar-refractivity contribution in [3.05, 3.63) is 88.1 Å². The summed E-state index contributed by atoms with van der Waals surface area (Å²) in [6, 6.07) is 19.9. The van der Waals surface area contributed by atoms with E-state index in [1.54, 1.807) is 9.25 Å². The average molecular weight is 457 g/mol. The van der Waals surface area contributed by atoms with E-state index in [1.165, 1.54) is 4.68 Å². The van der Waals surface area contributed by atoms with Crippen LogP contribution < -0.4 is 11.0 Å². The molecule has 0 bridgehead atoms. The molecule has 0 spiro atoms. The molecule has 0 radical (unpaired) electrons. The van der Waals surface area contributed by atoms with Gasteiger partial charge in [0.2, 0.25) is 5.91 Å². The summed E-state index contributed by atoms with van der Waals surface area (Å²) >= 11 is 0. The van der Waals surface area contributed by atoms with Crippen LogP contribution in [0.2, 0.25) is 0 Å². The molecule has 1 amide bonds. The molecule has 5 rings (SSSR count). The molecule has 0 aliphatic carbocycles. The fourth-order valence-corrected chi connectivity index (χ4v) is 4.43. The molecule has 2 aromatic carbocycles. The lowest BCUT2D eigenvalue weighted by Gasteiger charge is -2.09. The molecule has 2 aromatic heterocycles. The minimum atomic E-state index is -0.305. The smallest absolute Gasteiger partial charge is 0.309 e. The van der Waals surface area contributed by atoms with Gasteiger partial charge in [-0.15, -0.1) is 0 Å². The second kappa shape index (κ2) is 9.51. The molecule has 3 heterocycles. The number of aromatic nitrogens is 5.